The summed E-state index contributed by atoms with van der Waals surface area (Å²) in [6, 6.07) is 18.6. The molecule has 0 N–H and O–H groups in total. The van der Waals surface area contributed by atoms with Gasteiger partial charge in [-0.1, -0.05) is 60.7 Å². The van der Waals surface area contributed by atoms with Crippen molar-refractivity contribution in [3.63, 3.8) is 0 Å². The number of benzene rings is 2. The monoisotopic (exact) mass is 301 g/mol. The maximum Gasteiger partial charge on any atom is 0.237 e. The quantitative estimate of drug-likeness (QED) is 0.442. The molecule has 5 nitrogen and oxygen atoms in total. The lowest BCUT2D eigenvalue weighted by atomic mass is 9.99. The van der Waals surface area contributed by atoms with Crippen molar-refractivity contribution in [2.45, 2.75) is 25.6 Å². The molecule has 2 aromatic rings. The molecule has 0 aliphatic heterocycles. The second-order valence-electron chi connectivity index (χ2n) is 5.47. The first kappa shape index (κ1) is 16.1. The van der Waals surface area contributed by atoms with Crippen molar-refractivity contribution in [3.05, 3.63) is 81.9 Å². The van der Waals surface area contributed by atoms with Gasteiger partial charge in [0.1, 0.15) is 5.60 Å². The Balaban J connectivity index is 2.10. The first-order chi connectivity index (χ1) is 10.5. The highest BCUT2D eigenvalue weighted by atomic mass is 17.2. The molecule has 0 heterocycles. The number of hydrogen-bond acceptors (Lipinski definition) is 4. The third-order valence-electron chi connectivity index (χ3n) is 3.33. The molecule has 2 aromatic carbocycles. The Labute approximate surface area is 129 Å². The maximum absolute atomic E-state index is 10.8. The molecule has 0 bridgehead atoms. The van der Waals surface area contributed by atoms with Crippen LogP contribution in [0.1, 0.15) is 31.1 Å². The molecule has 0 spiro atoms. The number of nitrogens with zero attached hydrogens (tertiary/aromatic N) is 1. The van der Waals surface area contributed by atoms with Crippen LogP contribution in [-0.4, -0.2) is 11.5 Å². The van der Waals surface area contributed by atoms with Crippen molar-refractivity contribution in [2.75, 3.05) is 6.54 Å². The minimum atomic E-state index is -0.751. The molecule has 0 radical (unpaired) electrons. The predicted molar refractivity (Wildman–Crippen MR) is 82.7 cm³/mol. The van der Waals surface area contributed by atoms with Gasteiger partial charge >= 0.3 is 0 Å². The molecule has 0 aliphatic carbocycles. The van der Waals surface area contributed by atoms with Crippen molar-refractivity contribution in [3.8, 4) is 0 Å². The van der Waals surface area contributed by atoms with E-state index in [2.05, 4.69) is 0 Å². The topological polar surface area (TPSA) is 61.6 Å². The molecule has 116 valence electrons. The van der Waals surface area contributed by atoms with Crippen LogP contribution < -0.4 is 0 Å². The van der Waals surface area contributed by atoms with E-state index in [9.17, 15) is 10.1 Å². The van der Waals surface area contributed by atoms with Crippen molar-refractivity contribution >= 4 is 0 Å². The van der Waals surface area contributed by atoms with Crippen molar-refractivity contribution in [1.82, 2.24) is 0 Å². The summed E-state index contributed by atoms with van der Waals surface area (Å²) in [6.45, 7) is 3.36. The van der Waals surface area contributed by atoms with Crippen LogP contribution in [0.25, 0.3) is 0 Å². The standard InChI is InChI=1S/C17H19NO4/c1-17(2,15-11-7-4-8-12-15)22-21-16(13-18(19)20)14-9-5-3-6-10-14/h3-12,16H,13H2,1-2H3. The molecule has 22 heavy (non-hydrogen) atoms. The molecule has 1 unspecified atom stereocenters. The minimum Gasteiger partial charge on any atom is -0.264 e. The van der Waals surface area contributed by atoms with E-state index < -0.39 is 16.6 Å². The third-order valence-corrected chi connectivity index (χ3v) is 3.33. The summed E-state index contributed by atoms with van der Waals surface area (Å²) >= 11 is 0. The molecule has 2 rings (SSSR count). The second kappa shape index (κ2) is 7.15. The lowest BCUT2D eigenvalue weighted by molar-refractivity contribution is -0.514. The van der Waals surface area contributed by atoms with Crippen molar-refractivity contribution in [1.29, 1.82) is 0 Å². The van der Waals surface area contributed by atoms with Crippen molar-refractivity contribution in [2.24, 2.45) is 0 Å². The van der Waals surface area contributed by atoms with E-state index in [4.69, 9.17) is 9.78 Å². The highest BCUT2D eigenvalue weighted by molar-refractivity contribution is 5.21. The van der Waals surface area contributed by atoms with Crippen LogP contribution in [0.15, 0.2) is 60.7 Å². The normalized spacial score (nSPS) is 12.8. The average molecular weight is 301 g/mol. The Bertz CT molecular complexity index is 599. The molecule has 0 fully saturated rings. The van der Waals surface area contributed by atoms with Crippen LogP contribution in [0, 0.1) is 10.1 Å². The van der Waals surface area contributed by atoms with E-state index >= 15 is 0 Å². The summed E-state index contributed by atoms with van der Waals surface area (Å²) in [6.07, 6.45) is -0.751. The number of nitro groups is 1. The van der Waals surface area contributed by atoms with E-state index in [1.54, 1.807) is 12.1 Å². The van der Waals surface area contributed by atoms with Gasteiger partial charge < -0.3 is 0 Å². The number of rotatable bonds is 7. The van der Waals surface area contributed by atoms with Gasteiger partial charge in [0, 0.05) is 4.92 Å². The predicted octanol–water partition coefficient (Wildman–Crippen LogP) is 3.89. The van der Waals surface area contributed by atoms with Crippen LogP contribution in [-0.2, 0) is 15.4 Å². The van der Waals surface area contributed by atoms with E-state index in [0.29, 0.717) is 5.56 Å². The summed E-state index contributed by atoms with van der Waals surface area (Å²) in [7, 11) is 0. The van der Waals surface area contributed by atoms with Crippen molar-refractivity contribution < 1.29 is 14.7 Å². The van der Waals surface area contributed by atoms with Gasteiger partial charge in [0.15, 0.2) is 6.10 Å². The highest BCUT2D eigenvalue weighted by Crippen LogP contribution is 2.28. The lowest BCUT2D eigenvalue weighted by Crippen LogP contribution is -2.25. The molecule has 0 amide bonds. The van der Waals surface area contributed by atoms with E-state index in [1.165, 1.54) is 0 Å². The zero-order chi connectivity index (χ0) is 16.0. The molecular weight excluding hydrogens is 282 g/mol. The maximum atomic E-state index is 10.8. The summed E-state index contributed by atoms with van der Waals surface area (Å²) in [5.74, 6) is 0. The van der Waals surface area contributed by atoms with Crippen LogP contribution >= 0.6 is 0 Å². The van der Waals surface area contributed by atoms with Crippen LogP contribution in [0.2, 0.25) is 0 Å². The van der Waals surface area contributed by atoms with Gasteiger partial charge in [-0.2, -0.15) is 0 Å². The van der Waals surface area contributed by atoms with E-state index in [1.807, 2.05) is 62.4 Å². The third kappa shape index (κ3) is 4.38. The Hall–Kier alpha value is -2.24. The fraction of sp³-hybridized carbons (Fsp3) is 0.294. The Morgan fingerprint density at radius 2 is 1.59 bits per heavy atom. The zero-order valence-electron chi connectivity index (χ0n) is 12.6. The van der Waals surface area contributed by atoms with Gasteiger partial charge in [-0.05, 0) is 25.0 Å². The van der Waals surface area contributed by atoms with E-state index in [-0.39, 0.29) is 6.54 Å². The SMILES string of the molecule is CC(C)(OOC(C[N+](=O)[O-])c1ccccc1)c1ccccc1. The fourth-order valence-corrected chi connectivity index (χ4v) is 2.06. The van der Waals surface area contributed by atoms with Gasteiger partial charge in [0.25, 0.3) is 0 Å². The smallest absolute Gasteiger partial charge is 0.237 e. The Morgan fingerprint density at radius 1 is 1.05 bits per heavy atom. The second-order valence-corrected chi connectivity index (χ2v) is 5.47. The first-order valence-electron chi connectivity index (χ1n) is 7.06. The molecule has 0 aliphatic rings. The Morgan fingerprint density at radius 3 is 2.14 bits per heavy atom. The van der Waals surface area contributed by atoms with Gasteiger partial charge in [0.05, 0.1) is 0 Å². The Kier molecular flexibility index (Phi) is 5.25. The molecule has 0 saturated heterocycles. The largest absolute Gasteiger partial charge is 0.264 e. The molecule has 5 heteroatoms. The summed E-state index contributed by atoms with van der Waals surface area (Å²) in [5.41, 5.74) is 0.941. The highest BCUT2D eigenvalue weighted by Gasteiger charge is 2.27. The summed E-state index contributed by atoms with van der Waals surface area (Å²) in [5, 5.41) is 10.8. The first-order valence-corrected chi connectivity index (χ1v) is 7.06. The van der Waals surface area contributed by atoms with Crippen LogP contribution in [0.5, 0.6) is 0 Å². The average Bonchev–Trinajstić information content (AvgIpc) is 2.53. The molecular formula is C17H19NO4. The minimum absolute atomic E-state index is 0.352. The van der Waals surface area contributed by atoms with Crippen LogP contribution in [0.4, 0.5) is 0 Å². The van der Waals surface area contributed by atoms with Gasteiger partial charge in [-0.15, -0.1) is 0 Å². The number of hydrogen-bond donors (Lipinski definition) is 0. The molecule has 0 aromatic heterocycles. The summed E-state index contributed by atoms with van der Waals surface area (Å²) in [4.78, 5) is 21.4. The van der Waals surface area contributed by atoms with Crippen LogP contribution in [0.3, 0.4) is 0 Å². The fourth-order valence-electron chi connectivity index (χ4n) is 2.06. The van der Waals surface area contributed by atoms with E-state index in [0.717, 1.165) is 5.56 Å². The summed E-state index contributed by atoms with van der Waals surface area (Å²) < 4.78 is 0. The van der Waals surface area contributed by atoms with Gasteiger partial charge in [0.2, 0.25) is 6.54 Å². The van der Waals surface area contributed by atoms with Gasteiger partial charge in [-0.3, -0.25) is 10.1 Å². The lowest BCUT2D eigenvalue weighted by Gasteiger charge is -2.26. The zero-order valence-corrected chi connectivity index (χ0v) is 12.6. The molecule has 0 saturated carbocycles. The molecule has 1 atom stereocenters. The van der Waals surface area contributed by atoms with Gasteiger partial charge in [-0.25, -0.2) is 9.78 Å².